The van der Waals surface area contributed by atoms with Crippen molar-refractivity contribution in [2.75, 3.05) is 13.6 Å². The molecule has 2 rings (SSSR count). The quantitative estimate of drug-likeness (QED) is 0.866. The Hall–Kier alpha value is -2.68. The van der Waals surface area contributed by atoms with Crippen molar-refractivity contribution in [2.24, 2.45) is 0 Å². The summed E-state index contributed by atoms with van der Waals surface area (Å²) < 4.78 is 14.5. The Labute approximate surface area is 122 Å². The Bertz CT molecular complexity index is 685. The first-order chi connectivity index (χ1) is 10.0. The van der Waals surface area contributed by atoms with Crippen LogP contribution in [0.5, 0.6) is 0 Å². The SMILES string of the molecule is Cc1c(C(=O)N(C)CCC#N)cnn1-c1ccc(F)cc1. The van der Waals surface area contributed by atoms with E-state index in [1.165, 1.54) is 23.2 Å². The van der Waals surface area contributed by atoms with Gasteiger partial charge in [-0.2, -0.15) is 10.4 Å². The lowest BCUT2D eigenvalue weighted by molar-refractivity contribution is 0.0797. The first-order valence-corrected chi connectivity index (χ1v) is 6.47. The fourth-order valence-electron chi connectivity index (χ4n) is 1.99. The lowest BCUT2D eigenvalue weighted by Crippen LogP contribution is -2.27. The molecule has 0 saturated heterocycles. The highest BCUT2D eigenvalue weighted by atomic mass is 19.1. The molecule has 0 fully saturated rings. The monoisotopic (exact) mass is 286 g/mol. The van der Waals surface area contributed by atoms with Crippen LogP contribution in [-0.2, 0) is 0 Å². The van der Waals surface area contributed by atoms with Crippen molar-refractivity contribution in [3.05, 3.63) is 47.5 Å². The van der Waals surface area contributed by atoms with Crippen LogP contribution in [0.2, 0.25) is 0 Å². The van der Waals surface area contributed by atoms with Crippen LogP contribution in [0.1, 0.15) is 22.5 Å². The van der Waals surface area contributed by atoms with Gasteiger partial charge in [-0.1, -0.05) is 0 Å². The Kier molecular flexibility index (Phi) is 4.33. The van der Waals surface area contributed by atoms with Crippen molar-refractivity contribution in [1.82, 2.24) is 14.7 Å². The van der Waals surface area contributed by atoms with Crippen LogP contribution < -0.4 is 0 Å². The number of nitrogens with zero attached hydrogens (tertiary/aromatic N) is 4. The number of hydrogen-bond acceptors (Lipinski definition) is 3. The van der Waals surface area contributed by atoms with E-state index in [0.717, 1.165) is 0 Å². The summed E-state index contributed by atoms with van der Waals surface area (Å²) in [5.41, 5.74) is 1.84. The molecule has 108 valence electrons. The molecule has 1 aromatic heterocycles. The number of amides is 1. The van der Waals surface area contributed by atoms with E-state index in [-0.39, 0.29) is 18.1 Å². The van der Waals surface area contributed by atoms with Gasteiger partial charge >= 0.3 is 0 Å². The fourth-order valence-corrected chi connectivity index (χ4v) is 1.99. The fraction of sp³-hybridized carbons (Fsp3) is 0.267. The third-order valence-corrected chi connectivity index (χ3v) is 3.22. The van der Waals surface area contributed by atoms with E-state index in [1.807, 2.05) is 6.07 Å². The predicted molar refractivity (Wildman–Crippen MR) is 75.4 cm³/mol. The Balaban J connectivity index is 2.26. The van der Waals surface area contributed by atoms with Gasteiger partial charge in [0.05, 0.1) is 35.6 Å². The van der Waals surface area contributed by atoms with E-state index >= 15 is 0 Å². The van der Waals surface area contributed by atoms with E-state index < -0.39 is 0 Å². The molecule has 6 heteroatoms. The zero-order valence-corrected chi connectivity index (χ0v) is 11.9. The van der Waals surface area contributed by atoms with Crippen LogP contribution in [0.15, 0.2) is 30.5 Å². The molecule has 2 aromatic rings. The second-order valence-corrected chi connectivity index (χ2v) is 4.67. The molecule has 0 N–H and O–H groups in total. The van der Waals surface area contributed by atoms with Crippen molar-refractivity contribution in [1.29, 1.82) is 5.26 Å². The van der Waals surface area contributed by atoms with Gasteiger partial charge in [0.2, 0.25) is 0 Å². The minimum absolute atomic E-state index is 0.184. The van der Waals surface area contributed by atoms with Gasteiger partial charge in [-0.3, -0.25) is 4.79 Å². The molecule has 0 bridgehead atoms. The van der Waals surface area contributed by atoms with Gasteiger partial charge in [-0.05, 0) is 31.2 Å². The molecule has 0 atom stereocenters. The summed E-state index contributed by atoms with van der Waals surface area (Å²) in [7, 11) is 1.65. The molecular weight excluding hydrogens is 271 g/mol. The first kappa shape index (κ1) is 14.7. The molecule has 1 heterocycles. The van der Waals surface area contributed by atoms with E-state index in [0.29, 0.717) is 23.5 Å². The molecule has 21 heavy (non-hydrogen) atoms. The zero-order valence-electron chi connectivity index (χ0n) is 11.9. The average Bonchev–Trinajstić information content (AvgIpc) is 2.86. The van der Waals surface area contributed by atoms with Crippen molar-refractivity contribution in [2.45, 2.75) is 13.3 Å². The molecule has 5 nitrogen and oxygen atoms in total. The standard InChI is InChI=1S/C15H15FN4O/c1-11-14(15(21)19(2)9-3-8-17)10-18-20(11)13-6-4-12(16)5-7-13/h4-7,10H,3,9H2,1-2H3. The van der Waals surface area contributed by atoms with Crippen molar-refractivity contribution in [3.8, 4) is 11.8 Å². The van der Waals surface area contributed by atoms with E-state index in [2.05, 4.69) is 5.10 Å². The topological polar surface area (TPSA) is 61.9 Å². The normalized spacial score (nSPS) is 10.2. The second kappa shape index (κ2) is 6.18. The van der Waals surface area contributed by atoms with Gasteiger partial charge < -0.3 is 4.90 Å². The van der Waals surface area contributed by atoms with Crippen LogP contribution in [-0.4, -0.2) is 34.2 Å². The van der Waals surface area contributed by atoms with E-state index in [1.54, 1.807) is 30.8 Å². The highest BCUT2D eigenvalue weighted by Gasteiger charge is 2.18. The summed E-state index contributed by atoms with van der Waals surface area (Å²) in [4.78, 5) is 13.8. The highest BCUT2D eigenvalue weighted by molar-refractivity contribution is 5.95. The summed E-state index contributed by atoms with van der Waals surface area (Å²) in [5, 5.41) is 12.7. The molecule has 0 unspecified atom stereocenters. The maximum Gasteiger partial charge on any atom is 0.257 e. The van der Waals surface area contributed by atoms with Crippen molar-refractivity contribution < 1.29 is 9.18 Å². The molecule has 0 radical (unpaired) electrons. The zero-order chi connectivity index (χ0) is 15.4. The van der Waals surface area contributed by atoms with Gasteiger partial charge in [0.15, 0.2) is 0 Å². The number of benzene rings is 1. The summed E-state index contributed by atoms with van der Waals surface area (Å²) >= 11 is 0. The lowest BCUT2D eigenvalue weighted by atomic mass is 10.2. The highest BCUT2D eigenvalue weighted by Crippen LogP contribution is 2.16. The molecule has 1 aromatic carbocycles. The average molecular weight is 286 g/mol. The van der Waals surface area contributed by atoms with E-state index in [9.17, 15) is 9.18 Å². The van der Waals surface area contributed by atoms with Crippen LogP contribution in [0.25, 0.3) is 5.69 Å². The third-order valence-electron chi connectivity index (χ3n) is 3.22. The Morgan fingerprint density at radius 1 is 1.43 bits per heavy atom. The molecule has 0 aliphatic carbocycles. The number of halogens is 1. The number of carbonyl (C=O) groups excluding carboxylic acids is 1. The van der Waals surface area contributed by atoms with Gasteiger partial charge in [-0.25, -0.2) is 9.07 Å². The number of aromatic nitrogens is 2. The number of carbonyl (C=O) groups is 1. The first-order valence-electron chi connectivity index (χ1n) is 6.47. The van der Waals surface area contributed by atoms with Gasteiger partial charge in [0.25, 0.3) is 5.91 Å². The van der Waals surface area contributed by atoms with Crippen LogP contribution in [0.3, 0.4) is 0 Å². The molecule has 0 saturated carbocycles. The largest absolute Gasteiger partial charge is 0.341 e. The maximum absolute atomic E-state index is 12.9. The summed E-state index contributed by atoms with van der Waals surface area (Å²) in [6, 6.07) is 7.89. The molecule has 0 aliphatic heterocycles. The molecule has 0 spiro atoms. The smallest absolute Gasteiger partial charge is 0.257 e. The summed E-state index contributed by atoms with van der Waals surface area (Å²) in [5.74, 6) is -0.507. The second-order valence-electron chi connectivity index (χ2n) is 4.67. The van der Waals surface area contributed by atoms with Gasteiger partial charge in [0, 0.05) is 13.6 Å². The molecular formula is C15H15FN4O. The Morgan fingerprint density at radius 2 is 2.10 bits per heavy atom. The van der Waals surface area contributed by atoms with Crippen LogP contribution >= 0.6 is 0 Å². The summed E-state index contributed by atoms with van der Waals surface area (Å²) in [6.45, 7) is 2.15. The van der Waals surface area contributed by atoms with Gasteiger partial charge in [-0.15, -0.1) is 0 Å². The molecule has 0 aliphatic rings. The summed E-state index contributed by atoms with van der Waals surface area (Å²) in [6.07, 6.45) is 1.78. The van der Waals surface area contributed by atoms with E-state index in [4.69, 9.17) is 5.26 Å². The third kappa shape index (κ3) is 3.08. The minimum Gasteiger partial charge on any atom is -0.341 e. The van der Waals surface area contributed by atoms with Crippen LogP contribution in [0, 0.1) is 24.1 Å². The molecule has 1 amide bonds. The maximum atomic E-state index is 12.9. The minimum atomic E-state index is -0.323. The van der Waals surface area contributed by atoms with Gasteiger partial charge in [0.1, 0.15) is 5.82 Å². The lowest BCUT2D eigenvalue weighted by Gasteiger charge is -2.15. The van der Waals surface area contributed by atoms with Crippen LogP contribution in [0.4, 0.5) is 4.39 Å². The Morgan fingerprint density at radius 3 is 2.71 bits per heavy atom. The number of hydrogen-bond donors (Lipinski definition) is 0. The predicted octanol–water partition coefficient (Wildman–Crippen LogP) is 2.31. The van der Waals surface area contributed by atoms with Crippen molar-refractivity contribution in [3.63, 3.8) is 0 Å². The number of rotatable bonds is 4. The number of nitriles is 1. The van der Waals surface area contributed by atoms with Crippen molar-refractivity contribution >= 4 is 5.91 Å².